The van der Waals surface area contributed by atoms with Gasteiger partial charge in [0.25, 0.3) is 0 Å². The minimum absolute atomic E-state index is 0.199. The maximum atomic E-state index is 14.5. The molecular formula is C16H17FN4O4S. The van der Waals surface area contributed by atoms with Crippen LogP contribution in [0.3, 0.4) is 0 Å². The number of hydrogen-bond acceptors (Lipinski definition) is 7. The van der Waals surface area contributed by atoms with E-state index in [0.29, 0.717) is 15.7 Å². The van der Waals surface area contributed by atoms with Crippen LogP contribution >= 0.6 is 11.3 Å². The Labute approximate surface area is 152 Å². The second kappa shape index (κ2) is 7.34. The fraction of sp³-hybridized carbons (Fsp3) is 0.375. The van der Waals surface area contributed by atoms with Crippen LogP contribution in [-0.4, -0.2) is 46.5 Å². The molecule has 0 aliphatic carbocycles. The Kier molecular flexibility index (Phi) is 5.14. The van der Waals surface area contributed by atoms with E-state index in [9.17, 15) is 19.1 Å². The highest BCUT2D eigenvalue weighted by Gasteiger charge is 2.32. The number of aliphatic hydroxyl groups is 1. The Balaban J connectivity index is 1.76. The van der Waals surface area contributed by atoms with Gasteiger partial charge in [0.05, 0.1) is 18.8 Å². The van der Waals surface area contributed by atoms with Gasteiger partial charge in [0.15, 0.2) is 5.01 Å². The number of nitrogens with zero attached hydrogens (tertiary/aromatic N) is 3. The van der Waals surface area contributed by atoms with Crippen LogP contribution in [0, 0.1) is 5.82 Å². The second-order valence-corrected chi connectivity index (χ2v) is 6.85. The smallest absolute Gasteiger partial charge is 0.414 e. The predicted molar refractivity (Wildman–Crippen MR) is 92.2 cm³/mol. The van der Waals surface area contributed by atoms with Crippen LogP contribution in [-0.2, 0) is 9.53 Å². The molecule has 0 radical (unpaired) electrons. The molecule has 1 saturated heterocycles. The van der Waals surface area contributed by atoms with Gasteiger partial charge in [-0.25, -0.2) is 9.18 Å². The Morgan fingerprint density at radius 3 is 2.92 bits per heavy atom. The van der Waals surface area contributed by atoms with Crippen molar-refractivity contribution in [1.82, 2.24) is 15.5 Å². The zero-order chi connectivity index (χ0) is 18.8. The molecule has 2 heterocycles. The van der Waals surface area contributed by atoms with E-state index in [4.69, 9.17) is 4.74 Å². The van der Waals surface area contributed by atoms with E-state index in [1.165, 1.54) is 24.0 Å². The maximum absolute atomic E-state index is 14.5. The van der Waals surface area contributed by atoms with Gasteiger partial charge in [-0.2, -0.15) is 0 Å². The van der Waals surface area contributed by atoms with Gasteiger partial charge in [0, 0.05) is 12.5 Å². The fourth-order valence-electron chi connectivity index (χ4n) is 2.45. The van der Waals surface area contributed by atoms with E-state index < -0.39 is 24.1 Å². The molecule has 2 atom stereocenters. The number of rotatable bonds is 5. The lowest BCUT2D eigenvalue weighted by Gasteiger charge is -2.14. The Morgan fingerprint density at radius 1 is 1.54 bits per heavy atom. The molecule has 1 fully saturated rings. The standard InChI is InChI=1S/C16H17FN4O4S/c1-8(22)14-19-20-15(26-14)12-4-3-10(5-13(12)17)21-7-11(25-16(21)24)6-18-9(2)23/h3-5,8,11,22H,6-7H2,1-2H3,(H,18,23)/t8-,11?/m1/s1. The van der Waals surface area contributed by atoms with E-state index in [1.807, 2.05) is 0 Å². The largest absolute Gasteiger partial charge is 0.442 e. The molecule has 26 heavy (non-hydrogen) atoms. The molecule has 10 heteroatoms. The molecule has 0 bridgehead atoms. The molecular weight excluding hydrogens is 363 g/mol. The summed E-state index contributed by atoms with van der Waals surface area (Å²) in [6, 6.07) is 4.32. The van der Waals surface area contributed by atoms with Crippen molar-refractivity contribution < 1.29 is 23.8 Å². The van der Waals surface area contributed by atoms with Crippen molar-refractivity contribution in [2.24, 2.45) is 0 Å². The Hall–Kier alpha value is -2.59. The lowest BCUT2D eigenvalue weighted by Crippen LogP contribution is -2.33. The van der Waals surface area contributed by atoms with E-state index >= 15 is 0 Å². The first-order valence-electron chi connectivity index (χ1n) is 7.89. The molecule has 1 aliphatic rings. The Bertz CT molecular complexity index is 841. The van der Waals surface area contributed by atoms with E-state index in [0.717, 1.165) is 11.3 Å². The quantitative estimate of drug-likeness (QED) is 0.820. The topological polar surface area (TPSA) is 105 Å². The van der Waals surface area contributed by atoms with Gasteiger partial charge in [0.1, 0.15) is 23.0 Å². The highest BCUT2D eigenvalue weighted by molar-refractivity contribution is 7.14. The van der Waals surface area contributed by atoms with Crippen LogP contribution in [0.15, 0.2) is 18.2 Å². The highest BCUT2D eigenvalue weighted by atomic mass is 32.1. The van der Waals surface area contributed by atoms with Gasteiger partial charge in [-0.05, 0) is 25.1 Å². The minimum Gasteiger partial charge on any atom is -0.442 e. The monoisotopic (exact) mass is 380 g/mol. The number of aromatic nitrogens is 2. The van der Waals surface area contributed by atoms with Crippen LogP contribution in [0.2, 0.25) is 0 Å². The Morgan fingerprint density at radius 2 is 2.31 bits per heavy atom. The van der Waals surface area contributed by atoms with Crippen LogP contribution in [0.25, 0.3) is 10.6 Å². The first-order valence-corrected chi connectivity index (χ1v) is 8.70. The number of aliphatic hydroxyl groups excluding tert-OH is 1. The molecule has 1 aromatic carbocycles. The number of ether oxygens (including phenoxy) is 1. The third kappa shape index (κ3) is 3.81. The number of nitrogens with one attached hydrogen (secondary N) is 1. The summed E-state index contributed by atoms with van der Waals surface area (Å²) in [4.78, 5) is 24.3. The minimum atomic E-state index is -0.775. The third-order valence-corrected chi connectivity index (χ3v) is 4.87. The molecule has 8 nitrogen and oxygen atoms in total. The van der Waals surface area contributed by atoms with E-state index in [1.54, 1.807) is 13.0 Å². The summed E-state index contributed by atoms with van der Waals surface area (Å²) in [5.41, 5.74) is 0.586. The van der Waals surface area contributed by atoms with Gasteiger partial charge < -0.3 is 15.2 Å². The van der Waals surface area contributed by atoms with Gasteiger partial charge in [0.2, 0.25) is 5.91 Å². The fourth-order valence-corrected chi connectivity index (χ4v) is 3.26. The molecule has 2 amide bonds. The first-order chi connectivity index (χ1) is 12.3. The molecule has 138 valence electrons. The number of halogens is 1. The summed E-state index contributed by atoms with van der Waals surface area (Å²) in [7, 11) is 0. The van der Waals surface area contributed by atoms with E-state index in [-0.39, 0.29) is 24.6 Å². The van der Waals surface area contributed by atoms with Crippen molar-refractivity contribution in [3.8, 4) is 10.6 Å². The second-order valence-electron chi connectivity index (χ2n) is 5.84. The predicted octanol–water partition coefficient (Wildman–Crippen LogP) is 1.86. The number of cyclic esters (lactones) is 1. The van der Waals surface area contributed by atoms with Crippen LogP contribution in [0.1, 0.15) is 25.0 Å². The first kappa shape index (κ1) is 18.2. The number of anilines is 1. The molecule has 1 aliphatic heterocycles. The molecule has 2 N–H and O–H groups in total. The van der Waals surface area contributed by atoms with Crippen LogP contribution in [0.4, 0.5) is 14.9 Å². The lowest BCUT2D eigenvalue weighted by molar-refractivity contribution is -0.119. The lowest BCUT2D eigenvalue weighted by atomic mass is 10.2. The molecule has 3 rings (SSSR count). The number of carbonyl (C=O) groups is 2. The average Bonchev–Trinajstić information content (AvgIpc) is 3.20. The van der Waals surface area contributed by atoms with Crippen LogP contribution < -0.4 is 10.2 Å². The van der Waals surface area contributed by atoms with Gasteiger partial charge in [-0.3, -0.25) is 9.69 Å². The van der Waals surface area contributed by atoms with Gasteiger partial charge in [-0.15, -0.1) is 10.2 Å². The number of amides is 2. The number of carbonyl (C=O) groups excluding carboxylic acids is 2. The molecule has 0 spiro atoms. The maximum Gasteiger partial charge on any atom is 0.414 e. The van der Waals surface area contributed by atoms with Crippen molar-refractivity contribution >= 4 is 29.0 Å². The number of benzene rings is 1. The molecule has 1 aromatic heterocycles. The van der Waals surface area contributed by atoms with Gasteiger partial charge in [-0.1, -0.05) is 11.3 Å². The van der Waals surface area contributed by atoms with Gasteiger partial charge >= 0.3 is 6.09 Å². The summed E-state index contributed by atoms with van der Waals surface area (Å²) >= 11 is 1.10. The van der Waals surface area contributed by atoms with E-state index in [2.05, 4.69) is 15.5 Å². The molecule has 1 unspecified atom stereocenters. The van der Waals surface area contributed by atoms with Crippen molar-refractivity contribution in [1.29, 1.82) is 0 Å². The van der Waals surface area contributed by atoms with Crippen molar-refractivity contribution in [2.75, 3.05) is 18.0 Å². The van der Waals surface area contributed by atoms with Crippen molar-refractivity contribution in [3.05, 3.63) is 29.0 Å². The summed E-state index contributed by atoms with van der Waals surface area (Å²) in [5.74, 6) is -0.780. The number of hydrogen-bond donors (Lipinski definition) is 2. The summed E-state index contributed by atoms with van der Waals surface area (Å²) in [6.45, 7) is 3.34. The normalized spacial score (nSPS) is 17.9. The summed E-state index contributed by atoms with van der Waals surface area (Å²) in [5, 5.41) is 20.5. The SMILES string of the molecule is CC(=O)NCC1CN(c2ccc(-c3nnc([C@@H](C)O)s3)c(F)c2)C(=O)O1. The van der Waals surface area contributed by atoms with Crippen molar-refractivity contribution in [2.45, 2.75) is 26.1 Å². The zero-order valence-corrected chi connectivity index (χ0v) is 14.9. The molecule has 0 saturated carbocycles. The van der Waals surface area contributed by atoms with Crippen molar-refractivity contribution in [3.63, 3.8) is 0 Å². The summed E-state index contributed by atoms with van der Waals surface area (Å²) < 4.78 is 19.7. The van der Waals surface area contributed by atoms with Crippen LogP contribution in [0.5, 0.6) is 0 Å². The third-order valence-electron chi connectivity index (χ3n) is 3.75. The average molecular weight is 380 g/mol. The summed E-state index contributed by atoms with van der Waals surface area (Å²) in [6.07, 6.45) is -1.87. The molecule has 2 aromatic rings. The highest BCUT2D eigenvalue weighted by Crippen LogP contribution is 2.31. The zero-order valence-electron chi connectivity index (χ0n) is 14.1.